The molecule has 0 aliphatic rings. The molecule has 0 aliphatic heterocycles. The van der Waals surface area contributed by atoms with E-state index in [4.69, 9.17) is 14.2 Å². The van der Waals surface area contributed by atoms with Crippen LogP contribution in [0.4, 0.5) is 40.4 Å². The number of hydrogen-bond acceptors (Lipinski definition) is 11. The first-order chi connectivity index (χ1) is 27.8. The number of aryl methyl sites for hydroxylation is 1. The number of pyridine rings is 1. The first-order valence-corrected chi connectivity index (χ1v) is 20.7. The Morgan fingerprint density at radius 3 is 2.07 bits per heavy atom. The number of likely N-dealkylation sites (N-methyl/N-ethyl adjacent to an activating group) is 1. The molecule has 1 aromatic heterocycles. The number of ether oxygens (including phenoxy) is 3. The maximum absolute atomic E-state index is 15.7. The van der Waals surface area contributed by atoms with E-state index in [1.165, 1.54) is 45.3 Å². The number of sulfone groups is 1. The maximum atomic E-state index is 15.7. The number of imide groups is 1. The van der Waals surface area contributed by atoms with E-state index in [0.29, 0.717) is 10.3 Å². The molecule has 0 bridgehead atoms. The lowest BCUT2D eigenvalue weighted by molar-refractivity contribution is -0.128. The highest BCUT2D eigenvalue weighted by atomic mass is 32.2. The Balaban J connectivity index is 1.56. The molecule has 0 saturated heterocycles. The number of carbonyl (C=O) groups excluding carboxylic acids is 4. The SMILES string of the molecule is Cc1ccccc1C(C)COC(=O)Nc1cc(F)c(S(=O)(=O)C(C)C)c(CN(C)C(=O)CNc2cc3ccnc(N(C(=O)OC(C)(C)C)C(=O)OC(C)(C)C)c3cc2F)c1. The van der Waals surface area contributed by atoms with Crippen LogP contribution in [-0.4, -0.2) is 79.1 Å². The molecule has 4 amide bonds. The van der Waals surface area contributed by atoms with Crippen LogP contribution in [0.15, 0.2) is 65.7 Å². The van der Waals surface area contributed by atoms with E-state index in [0.717, 1.165) is 28.2 Å². The molecular weight excluding hydrogens is 801 g/mol. The van der Waals surface area contributed by atoms with Gasteiger partial charge >= 0.3 is 18.3 Å². The third-order valence-corrected chi connectivity index (χ3v) is 11.2. The van der Waals surface area contributed by atoms with E-state index in [1.807, 2.05) is 38.1 Å². The van der Waals surface area contributed by atoms with Gasteiger partial charge in [0.05, 0.1) is 24.1 Å². The van der Waals surface area contributed by atoms with Crippen LogP contribution in [0.25, 0.3) is 10.8 Å². The van der Waals surface area contributed by atoms with Crippen LogP contribution in [0.1, 0.15) is 84.9 Å². The van der Waals surface area contributed by atoms with Crippen molar-refractivity contribution in [3.05, 3.63) is 89.1 Å². The van der Waals surface area contributed by atoms with Crippen molar-refractivity contribution in [1.82, 2.24) is 9.88 Å². The van der Waals surface area contributed by atoms with E-state index < -0.39 is 80.1 Å². The number of halogens is 2. The summed E-state index contributed by atoms with van der Waals surface area (Å²) in [5.41, 5.74) is -0.329. The molecule has 2 N–H and O–H groups in total. The molecule has 1 atom stereocenters. The first-order valence-electron chi connectivity index (χ1n) is 19.2. The van der Waals surface area contributed by atoms with Gasteiger partial charge in [0.15, 0.2) is 15.7 Å². The van der Waals surface area contributed by atoms with Gasteiger partial charge < -0.3 is 24.4 Å². The Labute approximate surface area is 349 Å². The van der Waals surface area contributed by atoms with Crippen LogP contribution in [0.5, 0.6) is 0 Å². The average molecular weight is 854 g/mol. The predicted molar refractivity (Wildman–Crippen MR) is 225 cm³/mol. The van der Waals surface area contributed by atoms with Crippen molar-refractivity contribution >= 4 is 62.0 Å². The number of anilines is 3. The van der Waals surface area contributed by atoms with Gasteiger partial charge in [0.1, 0.15) is 27.7 Å². The highest BCUT2D eigenvalue weighted by molar-refractivity contribution is 7.92. The molecule has 14 nitrogen and oxygen atoms in total. The van der Waals surface area contributed by atoms with Gasteiger partial charge in [-0.05, 0) is 115 Å². The Morgan fingerprint density at radius 1 is 0.867 bits per heavy atom. The summed E-state index contributed by atoms with van der Waals surface area (Å²) in [5, 5.41) is 4.54. The minimum absolute atomic E-state index is 0.0164. The molecule has 1 unspecified atom stereocenters. The largest absolute Gasteiger partial charge is 0.449 e. The Hall–Kier alpha value is -5.84. The number of nitrogens with one attached hydrogen (secondary N) is 2. The molecule has 0 aliphatic carbocycles. The van der Waals surface area contributed by atoms with Gasteiger partial charge in [0.25, 0.3) is 0 Å². The number of amides is 4. The van der Waals surface area contributed by atoms with Gasteiger partial charge in [0, 0.05) is 36.8 Å². The average Bonchev–Trinajstić information content (AvgIpc) is 3.11. The number of hydrogen-bond donors (Lipinski definition) is 2. The Bertz CT molecular complexity index is 2350. The molecule has 0 spiro atoms. The fourth-order valence-corrected chi connectivity index (χ4v) is 7.27. The number of rotatable bonds is 12. The summed E-state index contributed by atoms with van der Waals surface area (Å²) >= 11 is 0. The highest BCUT2D eigenvalue weighted by Gasteiger charge is 2.35. The number of aromatic nitrogens is 1. The maximum Gasteiger partial charge on any atom is 0.425 e. The van der Waals surface area contributed by atoms with Crippen LogP contribution in [0.2, 0.25) is 0 Å². The molecule has 3 aromatic carbocycles. The predicted octanol–water partition coefficient (Wildman–Crippen LogP) is 9.10. The fourth-order valence-electron chi connectivity index (χ4n) is 5.98. The van der Waals surface area contributed by atoms with Gasteiger partial charge in [-0.3, -0.25) is 10.1 Å². The standard InChI is InChI=1S/C43H53F2N5O9S/c1-25(2)60(55,56)37-29(18-30(20-34(37)45)48-39(52)57-24-27(4)31-15-13-12-14-26(31)3)23-49(11)36(51)22-47-35-19-28-16-17-46-38(32(28)21-33(35)44)50(40(53)58-42(5,6)7)41(54)59-43(8,9)10/h12-21,25,27,47H,22-24H2,1-11H3,(H,48,52). The van der Waals surface area contributed by atoms with Crippen LogP contribution in [0.3, 0.4) is 0 Å². The highest BCUT2D eigenvalue weighted by Crippen LogP contribution is 2.32. The summed E-state index contributed by atoms with van der Waals surface area (Å²) < 4.78 is 74.4. The van der Waals surface area contributed by atoms with Crippen molar-refractivity contribution in [2.24, 2.45) is 0 Å². The fraction of sp³-hybridized carbons (Fsp3) is 0.419. The van der Waals surface area contributed by atoms with Crippen molar-refractivity contribution in [1.29, 1.82) is 0 Å². The van der Waals surface area contributed by atoms with Crippen molar-refractivity contribution in [3.63, 3.8) is 0 Å². The van der Waals surface area contributed by atoms with Crippen molar-refractivity contribution in [2.75, 3.05) is 35.7 Å². The Morgan fingerprint density at radius 2 is 1.48 bits per heavy atom. The van der Waals surface area contributed by atoms with E-state index in [9.17, 15) is 27.6 Å². The van der Waals surface area contributed by atoms with Gasteiger partial charge in [0.2, 0.25) is 5.91 Å². The van der Waals surface area contributed by atoms with Gasteiger partial charge in [-0.15, -0.1) is 0 Å². The molecule has 17 heteroatoms. The minimum atomic E-state index is -4.22. The first kappa shape index (κ1) is 46.8. The monoisotopic (exact) mass is 853 g/mol. The molecule has 4 aromatic rings. The van der Waals surface area contributed by atoms with Crippen LogP contribution < -0.4 is 15.5 Å². The molecule has 4 rings (SSSR count). The molecule has 60 heavy (non-hydrogen) atoms. The summed E-state index contributed by atoms with van der Waals surface area (Å²) in [6.45, 7) is 15.4. The summed E-state index contributed by atoms with van der Waals surface area (Å²) in [6, 6.07) is 13.7. The Kier molecular flexibility index (Phi) is 14.5. The van der Waals surface area contributed by atoms with E-state index in [1.54, 1.807) is 41.5 Å². The summed E-state index contributed by atoms with van der Waals surface area (Å²) in [5.74, 6) is -3.03. The second-order valence-electron chi connectivity index (χ2n) is 16.6. The van der Waals surface area contributed by atoms with Crippen LogP contribution in [0, 0.1) is 18.6 Å². The third kappa shape index (κ3) is 11.9. The normalized spacial score (nSPS) is 12.4. The zero-order chi connectivity index (χ0) is 44.9. The lowest BCUT2D eigenvalue weighted by Crippen LogP contribution is -2.44. The molecule has 0 radical (unpaired) electrons. The summed E-state index contributed by atoms with van der Waals surface area (Å²) in [6.07, 6.45) is -1.78. The van der Waals surface area contributed by atoms with Gasteiger partial charge in [-0.25, -0.2) is 36.6 Å². The van der Waals surface area contributed by atoms with E-state index in [2.05, 4.69) is 15.6 Å². The second kappa shape index (κ2) is 18.6. The summed E-state index contributed by atoms with van der Waals surface area (Å²) in [4.78, 5) is 58.1. The lowest BCUT2D eigenvalue weighted by Gasteiger charge is -2.28. The quantitative estimate of drug-likeness (QED) is 0.130. The van der Waals surface area contributed by atoms with Gasteiger partial charge in [-0.2, -0.15) is 4.90 Å². The molecular formula is C43H53F2N5O9S. The zero-order valence-electron chi connectivity index (χ0n) is 35.7. The molecule has 1 heterocycles. The van der Waals surface area contributed by atoms with Crippen LogP contribution in [-0.2, 0) is 35.4 Å². The van der Waals surface area contributed by atoms with E-state index in [-0.39, 0.29) is 40.7 Å². The third-order valence-electron chi connectivity index (χ3n) is 8.91. The number of carbonyl (C=O) groups is 4. The lowest BCUT2D eigenvalue weighted by atomic mass is 9.97. The van der Waals surface area contributed by atoms with Gasteiger partial charge in [-0.1, -0.05) is 31.2 Å². The minimum Gasteiger partial charge on any atom is -0.449 e. The number of fused-ring (bicyclic) bond motifs is 1. The molecule has 0 saturated carbocycles. The summed E-state index contributed by atoms with van der Waals surface area (Å²) in [7, 11) is -2.87. The number of nitrogens with zero attached hydrogens (tertiary/aromatic N) is 3. The van der Waals surface area contributed by atoms with Crippen molar-refractivity contribution in [3.8, 4) is 0 Å². The van der Waals surface area contributed by atoms with E-state index >= 15 is 8.78 Å². The molecule has 0 fully saturated rings. The van der Waals surface area contributed by atoms with Crippen molar-refractivity contribution in [2.45, 2.75) is 103 Å². The number of benzene rings is 3. The van der Waals surface area contributed by atoms with Crippen LogP contribution >= 0.6 is 0 Å². The molecule has 324 valence electrons. The topological polar surface area (TPSA) is 174 Å². The second-order valence-corrected chi connectivity index (χ2v) is 19.0. The zero-order valence-corrected chi connectivity index (χ0v) is 36.5. The van der Waals surface area contributed by atoms with Crippen molar-refractivity contribution < 1.29 is 50.6 Å². The smallest absolute Gasteiger partial charge is 0.425 e.